The topological polar surface area (TPSA) is 138 Å². The monoisotopic (exact) mass is 436 g/mol. The summed E-state index contributed by atoms with van der Waals surface area (Å²) < 4.78 is 31.2. The van der Waals surface area contributed by atoms with E-state index >= 15 is 0 Å². The maximum absolute atomic E-state index is 11.9. The first kappa shape index (κ1) is 22.0. The van der Waals surface area contributed by atoms with Crippen LogP contribution in [0.4, 0.5) is 16.3 Å². The predicted molar refractivity (Wildman–Crippen MR) is 112 cm³/mol. The molecule has 3 rings (SSSR count). The van der Waals surface area contributed by atoms with Crippen molar-refractivity contribution in [1.29, 1.82) is 0 Å². The summed E-state index contributed by atoms with van der Waals surface area (Å²) in [6.07, 6.45) is 4.28. The van der Waals surface area contributed by atoms with Crippen LogP contribution in [0.25, 0.3) is 0 Å². The molecule has 1 amide bonds. The lowest BCUT2D eigenvalue weighted by molar-refractivity contribution is 0.0974. The third-order valence-corrected chi connectivity index (χ3v) is 6.55. The zero-order valence-corrected chi connectivity index (χ0v) is 18.1. The van der Waals surface area contributed by atoms with Crippen LogP contribution in [0.2, 0.25) is 0 Å². The molecule has 3 atom stereocenters. The van der Waals surface area contributed by atoms with Crippen LogP contribution in [0, 0.1) is 0 Å². The number of nitrogens with one attached hydrogen (secondary N) is 4. The fourth-order valence-electron chi connectivity index (χ4n) is 3.29. The molecular weight excluding hydrogens is 408 g/mol. The number of rotatable bonds is 8. The van der Waals surface area contributed by atoms with E-state index in [1.165, 1.54) is 19.3 Å². The Hall–Kier alpha value is -2.66. The Morgan fingerprint density at radius 3 is 2.83 bits per heavy atom. The van der Waals surface area contributed by atoms with Gasteiger partial charge in [-0.2, -0.15) is 5.10 Å². The average Bonchev–Trinajstić information content (AvgIpc) is 3.37. The number of amides is 1. The highest BCUT2D eigenvalue weighted by atomic mass is 32.2. The van der Waals surface area contributed by atoms with E-state index in [4.69, 9.17) is 4.74 Å². The summed E-state index contributed by atoms with van der Waals surface area (Å²) in [7, 11) is -2.23. The highest BCUT2D eigenvalue weighted by Gasteiger charge is 2.30. The van der Waals surface area contributed by atoms with Gasteiger partial charge in [0.05, 0.1) is 11.9 Å². The largest absolute Gasteiger partial charge is 0.446 e. The number of hydrogen-bond donors (Lipinski definition) is 4. The molecule has 1 fully saturated rings. The molecule has 0 saturated heterocycles. The summed E-state index contributed by atoms with van der Waals surface area (Å²) in [4.78, 5) is 15.9. The summed E-state index contributed by atoms with van der Waals surface area (Å²) in [5, 5.41) is 13.2. The van der Waals surface area contributed by atoms with Crippen molar-refractivity contribution in [3.8, 4) is 0 Å². The molecule has 4 N–H and O–H groups in total. The minimum atomic E-state index is -3.57. The molecule has 11 heteroatoms. The molecule has 1 saturated carbocycles. The van der Waals surface area contributed by atoms with Gasteiger partial charge in [0.2, 0.25) is 0 Å². The molecule has 0 aromatic carbocycles. The van der Waals surface area contributed by atoms with Crippen molar-refractivity contribution >= 4 is 27.6 Å². The number of ether oxygens (including phenoxy) is 1. The Kier molecular flexibility index (Phi) is 6.93. The number of sulfonamides is 1. The number of carbonyl (C=O) groups is 1. The third-order valence-electron chi connectivity index (χ3n) is 5.23. The van der Waals surface area contributed by atoms with Crippen molar-refractivity contribution in [3.05, 3.63) is 30.1 Å². The zero-order valence-electron chi connectivity index (χ0n) is 17.3. The molecule has 164 valence electrons. The lowest BCUT2D eigenvalue weighted by Gasteiger charge is -2.16. The molecule has 10 nitrogen and oxygen atoms in total. The molecule has 1 aliphatic carbocycles. The third kappa shape index (κ3) is 5.48. The van der Waals surface area contributed by atoms with E-state index in [-0.39, 0.29) is 29.2 Å². The SMILES string of the molecule is CC[C@H](C)NC(=O)OC1CCC(c2cc(Nc3ccc(S(=O)(=O)NC)nc3)n[nH]2)C1. The molecule has 1 aliphatic rings. The first-order chi connectivity index (χ1) is 14.3. The van der Waals surface area contributed by atoms with Gasteiger partial charge < -0.3 is 15.4 Å². The molecule has 2 heterocycles. The van der Waals surface area contributed by atoms with E-state index in [9.17, 15) is 13.2 Å². The molecule has 0 radical (unpaired) electrons. The normalized spacial score (nSPS) is 20.0. The fraction of sp³-hybridized carbons (Fsp3) is 0.526. The minimum Gasteiger partial charge on any atom is -0.446 e. The zero-order chi connectivity index (χ0) is 21.7. The second-order valence-electron chi connectivity index (χ2n) is 7.42. The first-order valence-corrected chi connectivity index (χ1v) is 11.5. The van der Waals surface area contributed by atoms with Crippen LogP contribution >= 0.6 is 0 Å². The number of aromatic nitrogens is 3. The Balaban J connectivity index is 1.55. The van der Waals surface area contributed by atoms with Crippen LogP contribution in [0.15, 0.2) is 29.4 Å². The second-order valence-corrected chi connectivity index (χ2v) is 9.25. The van der Waals surface area contributed by atoms with Gasteiger partial charge in [0.1, 0.15) is 6.10 Å². The van der Waals surface area contributed by atoms with Crippen LogP contribution in [0.3, 0.4) is 0 Å². The van der Waals surface area contributed by atoms with Gasteiger partial charge in [-0.1, -0.05) is 6.92 Å². The number of H-pyrrole nitrogens is 1. The van der Waals surface area contributed by atoms with Gasteiger partial charge in [-0.3, -0.25) is 5.10 Å². The Bertz CT molecular complexity index is 960. The van der Waals surface area contributed by atoms with Crippen LogP contribution in [-0.2, 0) is 14.8 Å². The van der Waals surface area contributed by atoms with Gasteiger partial charge in [-0.15, -0.1) is 0 Å². The van der Waals surface area contributed by atoms with E-state index < -0.39 is 10.0 Å². The van der Waals surface area contributed by atoms with E-state index in [0.29, 0.717) is 11.5 Å². The summed E-state index contributed by atoms with van der Waals surface area (Å²) >= 11 is 0. The molecular formula is C19H28N6O4S. The number of carbonyl (C=O) groups excluding carboxylic acids is 1. The van der Waals surface area contributed by atoms with Gasteiger partial charge in [-0.25, -0.2) is 22.9 Å². The first-order valence-electron chi connectivity index (χ1n) is 9.99. The number of aromatic amines is 1. The Labute approximate surface area is 176 Å². The molecule has 2 aromatic rings. The van der Waals surface area contributed by atoms with Crippen LogP contribution in [0.1, 0.15) is 51.1 Å². The molecule has 2 aromatic heterocycles. The van der Waals surface area contributed by atoms with E-state index in [0.717, 1.165) is 31.4 Å². The highest BCUT2D eigenvalue weighted by Crippen LogP contribution is 2.36. The lowest BCUT2D eigenvalue weighted by atomic mass is 10.0. The number of anilines is 2. The van der Waals surface area contributed by atoms with Gasteiger partial charge >= 0.3 is 6.09 Å². The van der Waals surface area contributed by atoms with Crippen molar-refractivity contribution in [2.45, 2.75) is 62.6 Å². The Morgan fingerprint density at radius 2 is 2.17 bits per heavy atom. The van der Waals surface area contributed by atoms with E-state index in [1.807, 2.05) is 19.9 Å². The van der Waals surface area contributed by atoms with Gasteiger partial charge in [-0.05, 0) is 51.8 Å². The minimum absolute atomic E-state index is 0.0485. The van der Waals surface area contributed by atoms with Crippen molar-refractivity contribution in [2.24, 2.45) is 0 Å². The van der Waals surface area contributed by atoms with Gasteiger partial charge in [0, 0.05) is 23.7 Å². The quantitative estimate of drug-likeness (QED) is 0.499. The predicted octanol–water partition coefficient (Wildman–Crippen LogP) is 2.62. The van der Waals surface area contributed by atoms with Crippen molar-refractivity contribution in [2.75, 3.05) is 12.4 Å². The van der Waals surface area contributed by atoms with Crippen molar-refractivity contribution < 1.29 is 17.9 Å². The number of nitrogens with zero attached hydrogens (tertiary/aromatic N) is 2. The number of alkyl carbamates (subject to hydrolysis) is 1. The van der Waals surface area contributed by atoms with E-state index in [1.54, 1.807) is 6.07 Å². The summed E-state index contributed by atoms with van der Waals surface area (Å²) in [5.41, 5.74) is 1.59. The van der Waals surface area contributed by atoms with E-state index in [2.05, 4.69) is 30.5 Å². The second kappa shape index (κ2) is 9.43. The van der Waals surface area contributed by atoms with Crippen molar-refractivity contribution in [1.82, 2.24) is 25.2 Å². The number of pyridine rings is 1. The lowest BCUT2D eigenvalue weighted by Crippen LogP contribution is -2.34. The Morgan fingerprint density at radius 1 is 1.37 bits per heavy atom. The van der Waals surface area contributed by atoms with Crippen LogP contribution in [0.5, 0.6) is 0 Å². The molecule has 30 heavy (non-hydrogen) atoms. The molecule has 0 aliphatic heterocycles. The summed E-state index contributed by atoms with van der Waals surface area (Å²) in [5.74, 6) is 0.839. The summed E-state index contributed by atoms with van der Waals surface area (Å²) in [6.45, 7) is 3.95. The molecule has 2 unspecified atom stereocenters. The van der Waals surface area contributed by atoms with Gasteiger partial charge in [0.15, 0.2) is 10.8 Å². The van der Waals surface area contributed by atoms with Crippen LogP contribution < -0.4 is 15.4 Å². The maximum atomic E-state index is 11.9. The maximum Gasteiger partial charge on any atom is 0.407 e. The fourth-order valence-corrected chi connectivity index (χ4v) is 3.94. The van der Waals surface area contributed by atoms with Crippen molar-refractivity contribution in [3.63, 3.8) is 0 Å². The standard InChI is InChI=1S/C19H28N6O4S/c1-4-12(2)22-19(26)29-15-7-5-13(9-15)16-10-17(25-24-16)23-14-6-8-18(21-11-14)30(27,28)20-3/h6,8,10-13,15,20H,4-5,7,9H2,1-3H3,(H,22,26)(H2,23,24,25)/t12-,13?,15?/m0/s1. The smallest absolute Gasteiger partial charge is 0.407 e. The average molecular weight is 437 g/mol. The summed E-state index contributed by atoms with van der Waals surface area (Å²) in [6, 6.07) is 5.05. The number of hydrogen-bond acceptors (Lipinski definition) is 7. The van der Waals surface area contributed by atoms with Crippen LogP contribution in [-0.4, -0.2) is 48.9 Å². The molecule has 0 bridgehead atoms. The highest BCUT2D eigenvalue weighted by molar-refractivity contribution is 7.89. The molecule has 0 spiro atoms. The van der Waals surface area contributed by atoms with Gasteiger partial charge in [0.25, 0.3) is 10.0 Å².